The Kier molecular flexibility index (Phi) is 4.58. The van der Waals surface area contributed by atoms with Crippen molar-refractivity contribution in [3.63, 3.8) is 0 Å². The third-order valence-corrected chi connectivity index (χ3v) is 4.41. The molecule has 20 heavy (non-hydrogen) atoms. The number of ether oxygens (including phenoxy) is 1. The molecule has 1 aromatic heterocycles. The fraction of sp³-hybridized carbons (Fsp3) is 0.438. The van der Waals surface area contributed by atoms with Crippen molar-refractivity contribution in [2.75, 3.05) is 7.11 Å². The number of thiazole rings is 1. The molecule has 0 saturated carbocycles. The van der Waals surface area contributed by atoms with Crippen LogP contribution in [-0.2, 0) is 23.3 Å². The van der Waals surface area contributed by atoms with Crippen LogP contribution in [0, 0.1) is 0 Å². The van der Waals surface area contributed by atoms with Crippen LogP contribution in [0.3, 0.4) is 0 Å². The van der Waals surface area contributed by atoms with E-state index in [1.54, 1.807) is 18.4 Å². The van der Waals surface area contributed by atoms with Crippen molar-refractivity contribution in [1.29, 1.82) is 0 Å². The zero-order valence-electron chi connectivity index (χ0n) is 12.6. The third kappa shape index (κ3) is 3.26. The Morgan fingerprint density at radius 1 is 1.20 bits per heavy atom. The van der Waals surface area contributed by atoms with E-state index >= 15 is 0 Å². The number of rotatable bonds is 4. The van der Waals surface area contributed by atoms with Gasteiger partial charge in [-0.05, 0) is 11.0 Å². The van der Waals surface area contributed by atoms with E-state index in [4.69, 9.17) is 10.5 Å². The maximum Gasteiger partial charge on any atom is 0.124 e. The molecule has 0 aliphatic carbocycles. The molecule has 4 heteroatoms. The average Bonchev–Trinajstić information content (AvgIpc) is 2.81. The predicted octanol–water partition coefficient (Wildman–Crippen LogP) is 3.71. The molecule has 0 fully saturated rings. The third-order valence-electron chi connectivity index (χ3n) is 3.24. The van der Waals surface area contributed by atoms with Crippen LogP contribution in [0.1, 0.15) is 36.9 Å². The predicted molar refractivity (Wildman–Crippen MR) is 84.9 cm³/mol. The van der Waals surface area contributed by atoms with E-state index in [1.165, 1.54) is 5.56 Å². The lowest BCUT2D eigenvalue weighted by Crippen LogP contribution is -2.10. The number of nitrogens with zero attached hydrogens (tertiary/aromatic N) is 1. The van der Waals surface area contributed by atoms with Crippen LogP contribution in [0.2, 0.25) is 0 Å². The van der Waals surface area contributed by atoms with Gasteiger partial charge in [-0.1, -0.05) is 45.0 Å². The van der Waals surface area contributed by atoms with E-state index in [0.29, 0.717) is 13.2 Å². The lowest BCUT2D eigenvalue weighted by atomic mass is 9.87. The molecule has 2 N–H and O–H groups in total. The topological polar surface area (TPSA) is 48.1 Å². The molecule has 1 heterocycles. The van der Waals surface area contributed by atoms with E-state index in [1.807, 2.05) is 0 Å². The standard InChI is InChI=1S/C16H22N2OS/c1-16(2,3)12-7-5-11(6-8-12)15-18-13(10-19-4)14(9-17)20-15/h5-8H,9-10,17H2,1-4H3. The van der Waals surface area contributed by atoms with Crippen molar-refractivity contribution < 1.29 is 4.74 Å². The first-order valence-corrected chi connectivity index (χ1v) is 7.56. The van der Waals surface area contributed by atoms with Crippen LogP contribution in [-0.4, -0.2) is 12.1 Å². The van der Waals surface area contributed by atoms with Crippen molar-refractivity contribution in [3.8, 4) is 10.6 Å². The molecule has 0 aliphatic rings. The fourth-order valence-corrected chi connectivity index (χ4v) is 2.98. The number of benzene rings is 1. The van der Waals surface area contributed by atoms with Crippen LogP contribution < -0.4 is 5.73 Å². The average molecular weight is 290 g/mol. The van der Waals surface area contributed by atoms with E-state index in [2.05, 4.69) is 50.0 Å². The molecule has 0 spiro atoms. The van der Waals surface area contributed by atoms with E-state index < -0.39 is 0 Å². The maximum absolute atomic E-state index is 5.77. The van der Waals surface area contributed by atoms with Crippen LogP contribution in [0.4, 0.5) is 0 Å². The summed E-state index contributed by atoms with van der Waals surface area (Å²) in [5.74, 6) is 0. The summed E-state index contributed by atoms with van der Waals surface area (Å²) in [5, 5.41) is 1.01. The van der Waals surface area contributed by atoms with Gasteiger partial charge in [-0.2, -0.15) is 0 Å². The first kappa shape index (κ1) is 15.2. The second kappa shape index (κ2) is 6.04. The summed E-state index contributed by atoms with van der Waals surface area (Å²) in [5.41, 5.74) is 9.36. The molecular weight excluding hydrogens is 268 g/mol. The largest absolute Gasteiger partial charge is 0.378 e. The molecule has 0 atom stereocenters. The highest BCUT2D eigenvalue weighted by Crippen LogP contribution is 2.30. The summed E-state index contributed by atoms with van der Waals surface area (Å²) in [7, 11) is 1.68. The summed E-state index contributed by atoms with van der Waals surface area (Å²) in [6.07, 6.45) is 0. The Morgan fingerprint density at radius 3 is 2.35 bits per heavy atom. The lowest BCUT2D eigenvalue weighted by Gasteiger charge is -2.18. The van der Waals surface area contributed by atoms with Crippen molar-refractivity contribution in [2.45, 2.75) is 39.3 Å². The molecular formula is C16H22N2OS. The lowest BCUT2D eigenvalue weighted by molar-refractivity contribution is 0.181. The van der Waals surface area contributed by atoms with Gasteiger partial charge in [-0.25, -0.2) is 4.98 Å². The molecule has 3 nitrogen and oxygen atoms in total. The monoisotopic (exact) mass is 290 g/mol. The van der Waals surface area contributed by atoms with Gasteiger partial charge in [0.15, 0.2) is 0 Å². The molecule has 2 aromatic rings. The first-order chi connectivity index (χ1) is 9.45. The number of methoxy groups -OCH3 is 1. The molecule has 2 rings (SSSR count). The maximum atomic E-state index is 5.77. The second-order valence-electron chi connectivity index (χ2n) is 5.85. The van der Waals surface area contributed by atoms with Gasteiger partial charge in [0.25, 0.3) is 0 Å². The number of hydrogen-bond acceptors (Lipinski definition) is 4. The van der Waals surface area contributed by atoms with Crippen LogP contribution >= 0.6 is 11.3 Å². The molecule has 0 radical (unpaired) electrons. The van der Waals surface area contributed by atoms with Gasteiger partial charge >= 0.3 is 0 Å². The summed E-state index contributed by atoms with van der Waals surface area (Å²) in [4.78, 5) is 5.75. The van der Waals surface area contributed by atoms with Gasteiger partial charge in [0, 0.05) is 24.1 Å². The van der Waals surface area contributed by atoms with E-state index in [9.17, 15) is 0 Å². The Balaban J connectivity index is 2.32. The van der Waals surface area contributed by atoms with Crippen molar-refractivity contribution in [1.82, 2.24) is 4.98 Å². The molecule has 108 valence electrons. The van der Waals surface area contributed by atoms with Crippen LogP contribution in [0.15, 0.2) is 24.3 Å². The minimum atomic E-state index is 0.172. The van der Waals surface area contributed by atoms with Gasteiger partial charge in [0.2, 0.25) is 0 Å². The summed E-state index contributed by atoms with van der Waals surface area (Å²) >= 11 is 1.65. The molecule has 0 bridgehead atoms. The second-order valence-corrected chi connectivity index (χ2v) is 6.94. The van der Waals surface area contributed by atoms with Gasteiger partial charge in [0.1, 0.15) is 5.01 Å². The Labute approximate surface area is 124 Å². The molecule has 0 unspecified atom stereocenters. The van der Waals surface area contributed by atoms with Gasteiger partial charge < -0.3 is 10.5 Å². The molecule has 0 saturated heterocycles. The van der Waals surface area contributed by atoms with Crippen molar-refractivity contribution >= 4 is 11.3 Å². The minimum absolute atomic E-state index is 0.172. The summed E-state index contributed by atoms with van der Waals surface area (Å²) in [6.45, 7) is 7.68. The Hall–Kier alpha value is -1.23. The SMILES string of the molecule is COCc1nc(-c2ccc(C(C)(C)C)cc2)sc1CN. The zero-order valence-corrected chi connectivity index (χ0v) is 13.4. The van der Waals surface area contributed by atoms with Gasteiger partial charge in [0.05, 0.1) is 12.3 Å². The van der Waals surface area contributed by atoms with E-state index in [0.717, 1.165) is 21.1 Å². The molecule has 0 amide bonds. The summed E-state index contributed by atoms with van der Waals surface area (Å²) < 4.78 is 5.17. The first-order valence-electron chi connectivity index (χ1n) is 6.74. The number of nitrogens with two attached hydrogens (primary N) is 1. The van der Waals surface area contributed by atoms with Gasteiger partial charge in [-0.15, -0.1) is 11.3 Å². The van der Waals surface area contributed by atoms with E-state index in [-0.39, 0.29) is 5.41 Å². The quantitative estimate of drug-likeness (QED) is 0.933. The molecule has 1 aromatic carbocycles. The smallest absolute Gasteiger partial charge is 0.124 e. The Bertz CT molecular complexity index is 567. The zero-order chi connectivity index (χ0) is 14.8. The fourth-order valence-electron chi connectivity index (χ4n) is 2.03. The molecule has 0 aliphatic heterocycles. The number of hydrogen-bond donors (Lipinski definition) is 1. The Morgan fingerprint density at radius 2 is 1.85 bits per heavy atom. The summed E-state index contributed by atoms with van der Waals surface area (Å²) in [6, 6.07) is 8.62. The highest BCUT2D eigenvalue weighted by molar-refractivity contribution is 7.15. The van der Waals surface area contributed by atoms with Crippen LogP contribution in [0.25, 0.3) is 10.6 Å². The van der Waals surface area contributed by atoms with Crippen molar-refractivity contribution in [3.05, 3.63) is 40.4 Å². The van der Waals surface area contributed by atoms with Crippen molar-refractivity contribution in [2.24, 2.45) is 5.73 Å². The highest BCUT2D eigenvalue weighted by Gasteiger charge is 2.15. The minimum Gasteiger partial charge on any atom is -0.378 e. The highest BCUT2D eigenvalue weighted by atomic mass is 32.1. The number of aromatic nitrogens is 1. The van der Waals surface area contributed by atoms with Crippen LogP contribution in [0.5, 0.6) is 0 Å². The van der Waals surface area contributed by atoms with Gasteiger partial charge in [-0.3, -0.25) is 0 Å². The normalized spacial score (nSPS) is 11.8.